The molecule has 23 heavy (non-hydrogen) atoms. The van der Waals surface area contributed by atoms with E-state index < -0.39 is 6.10 Å². The lowest BCUT2D eigenvalue weighted by atomic mass is 10.1. The first kappa shape index (κ1) is 15.1. The molecule has 2 N–H and O–H groups in total. The number of nitrogens with one attached hydrogen (secondary N) is 1. The normalized spacial score (nSPS) is 34.0. The number of aliphatic hydroxyl groups excluding tert-OH is 1. The molecular weight excluding hydrogens is 300 g/mol. The molecule has 1 amide bonds. The number of rotatable bonds is 4. The van der Waals surface area contributed by atoms with Crippen LogP contribution in [-0.4, -0.2) is 66.6 Å². The zero-order valence-electron chi connectivity index (χ0n) is 12.9. The van der Waals surface area contributed by atoms with E-state index in [4.69, 9.17) is 13.9 Å². The van der Waals surface area contributed by atoms with Gasteiger partial charge in [0.2, 0.25) is 0 Å². The summed E-state index contributed by atoms with van der Waals surface area (Å²) in [4.78, 5) is 14.7. The molecule has 0 saturated carbocycles. The molecule has 0 unspecified atom stereocenters. The summed E-state index contributed by atoms with van der Waals surface area (Å²) in [7, 11) is 0. The maximum Gasteiger partial charge on any atom is 0.287 e. The van der Waals surface area contributed by atoms with Crippen molar-refractivity contribution in [1.29, 1.82) is 0 Å². The average molecular weight is 322 g/mol. The molecule has 7 nitrogen and oxygen atoms in total. The van der Waals surface area contributed by atoms with Crippen LogP contribution < -0.4 is 5.32 Å². The Morgan fingerprint density at radius 2 is 2.00 bits per heavy atom. The van der Waals surface area contributed by atoms with E-state index in [1.165, 1.54) is 12.8 Å². The Balaban J connectivity index is 1.35. The van der Waals surface area contributed by atoms with E-state index in [0.717, 1.165) is 25.4 Å². The summed E-state index contributed by atoms with van der Waals surface area (Å²) in [5.74, 6) is 0.850. The summed E-state index contributed by atoms with van der Waals surface area (Å²) in [6.07, 6.45) is 1.21. The highest BCUT2D eigenvalue weighted by molar-refractivity contribution is 5.91. The van der Waals surface area contributed by atoms with E-state index in [1.54, 1.807) is 6.07 Å². The predicted molar refractivity (Wildman–Crippen MR) is 80.0 cm³/mol. The first-order chi connectivity index (χ1) is 11.2. The lowest BCUT2D eigenvalue weighted by molar-refractivity contribution is 0.0178. The Kier molecular flexibility index (Phi) is 4.11. The summed E-state index contributed by atoms with van der Waals surface area (Å²) < 4.78 is 16.7. The lowest BCUT2D eigenvalue weighted by Crippen LogP contribution is -2.44. The van der Waals surface area contributed by atoms with Gasteiger partial charge in [0.1, 0.15) is 24.1 Å². The smallest absolute Gasteiger partial charge is 0.287 e. The lowest BCUT2D eigenvalue weighted by Gasteiger charge is -2.16. The number of furan rings is 1. The third-order valence-corrected chi connectivity index (χ3v) is 4.81. The summed E-state index contributed by atoms with van der Waals surface area (Å²) in [5, 5.41) is 12.6. The van der Waals surface area contributed by atoms with Gasteiger partial charge in [-0.15, -0.1) is 0 Å². The Hall–Kier alpha value is -1.41. The Morgan fingerprint density at radius 1 is 1.22 bits per heavy atom. The van der Waals surface area contributed by atoms with E-state index in [1.807, 2.05) is 6.07 Å². The van der Waals surface area contributed by atoms with Crippen molar-refractivity contribution in [1.82, 2.24) is 10.2 Å². The number of hydrogen-bond donors (Lipinski definition) is 2. The Labute approximate surface area is 134 Å². The van der Waals surface area contributed by atoms with Crippen molar-refractivity contribution in [3.05, 3.63) is 23.7 Å². The first-order valence-corrected chi connectivity index (χ1v) is 8.24. The van der Waals surface area contributed by atoms with E-state index in [9.17, 15) is 9.90 Å². The minimum absolute atomic E-state index is 0.252. The number of ether oxygens (including phenoxy) is 2. The predicted octanol–water partition coefficient (Wildman–Crippen LogP) is 0.132. The average Bonchev–Trinajstić information content (AvgIpc) is 3.28. The topological polar surface area (TPSA) is 84.2 Å². The van der Waals surface area contributed by atoms with Crippen LogP contribution in [0.4, 0.5) is 0 Å². The van der Waals surface area contributed by atoms with Gasteiger partial charge in [-0.05, 0) is 38.1 Å². The third kappa shape index (κ3) is 3.01. The first-order valence-electron chi connectivity index (χ1n) is 8.24. The largest absolute Gasteiger partial charge is 0.455 e. The number of carbonyl (C=O) groups is 1. The second-order valence-corrected chi connectivity index (χ2v) is 6.49. The van der Waals surface area contributed by atoms with Crippen molar-refractivity contribution in [2.45, 2.75) is 43.7 Å². The van der Waals surface area contributed by atoms with E-state index in [2.05, 4.69) is 10.2 Å². The fraction of sp³-hybridized carbons (Fsp3) is 0.688. The molecule has 4 heterocycles. The van der Waals surface area contributed by atoms with Crippen LogP contribution in [0.1, 0.15) is 29.2 Å². The molecule has 4 rings (SSSR count). The molecule has 0 aliphatic carbocycles. The standard InChI is InChI=1S/C16H22N2O5/c19-12-9-22-14-11(8-21-15(12)14)17-16(20)13-4-3-10(23-13)7-18-5-1-2-6-18/h3-4,11-12,14-15,19H,1-2,5-9H2,(H,17,20)/t11-,12-,14+,15+/m0/s1. The van der Waals surface area contributed by atoms with Crippen LogP contribution in [0, 0.1) is 0 Å². The number of amides is 1. The van der Waals surface area contributed by atoms with E-state index in [0.29, 0.717) is 12.4 Å². The van der Waals surface area contributed by atoms with Crippen LogP contribution in [0.3, 0.4) is 0 Å². The van der Waals surface area contributed by atoms with Crippen molar-refractivity contribution < 1.29 is 23.8 Å². The van der Waals surface area contributed by atoms with Crippen molar-refractivity contribution in [3.63, 3.8) is 0 Å². The number of aliphatic hydroxyl groups is 1. The van der Waals surface area contributed by atoms with Crippen LogP contribution in [0.5, 0.6) is 0 Å². The van der Waals surface area contributed by atoms with Gasteiger partial charge in [-0.1, -0.05) is 0 Å². The maximum atomic E-state index is 12.3. The molecule has 3 aliphatic heterocycles. The van der Waals surface area contributed by atoms with Gasteiger partial charge >= 0.3 is 0 Å². The number of likely N-dealkylation sites (tertiary alicyclic amines) is 1. The van der Waals surface area contributed by atoms with Crippen LogP contribution >= 0.6 is 0 Å². The van der Waals surface area contributed by atoms with Gasteiger partial charge in [-0.3, -0.25) is 9.69 Å². The summed E-state index contributed by atoms with van der Waals surface area (Å²) in [6, 6.07) is 3.31. The minimum Gasteiger partial charge on any atom is -0.455 e. The highest BCUT2D eigenvalue weighted by Crippen LogP contribution is 2.27. The summed E-state index contributed by atoms with van der Waals surface area (Å²) in [6.45, 7) is 3.52. The molecule has 0 bridgehead atoms. The van der Waals surface area contributed by atoms with Gasteiger partial charge in [-0.2, -0.15) is 0 Å². The van der Waals surface area contributed by atoms with Crippen LogP contribution in [-0.2, 0) is 16.0 Å². The van der Waals surface area contributed by atoms with Crippen LogP contribution in [0.25, 0.3) is 0 Å². The monoisotopic (exact) mass is 322 g/mol. The van der Waals surface area contributed by atoms with Crippen LogP contribution in [0.15, 0.2) is 16.5 Å². The molecular formula is C16H22N2O5. The molecule has 4 atom stereocenters. The fourth-order valence-corrected chi connectivity index (χ4v) is 3.59. The Bertz CT molecular complexity index is 569. The maximum absolute atomic E-state index is 12.3. The van der Waals surface area contributed by atoms with E-state index >= 15 is 0 Å². The van der Waals surface area contributed by atoms with Gasteiger partial charge in [0.15, 0.2) is 5.76 Å². The summed E-state index contributed by atoms with van der Waals surface area (Å²) >= 11 is 0. The number of fused-ring (bicyclic) bond motifs is 1. The second kappa shape index (κ2) is 6.24. The molecule has 0 aromatic carbocycles. The number of hydrogen-bond acceptors (Lipinski definition) is 6. The molecule has 3 saturated heterocycles. The minimum atomic E-state index is -0.613. The van der Waals surface area contributed by atoms with Gasteiger partial charge in [-0.25, -0.2) is 0 Å². The van der Waals surface area contributed by atoms with Gasteiger partial charge < -0.3 is 24.3 Å². The molecule has 3 fully saturated rings. The fourth-order valence-electron chi connectivity index (χ4n) is 3.59. The van der Waals surface area contributed by atoms with Crippen molar-refractivity contribution in [3.8, 4) is 0 Å². The highest BCUT2D eigenvalue weighted by Gasteiger charge is 2.47. The second-order valence-electron chi connectivity index (χ2n) is 6.49. The van der Waals surface area contributed by atoms with Gasteiger partial charge in [0, 0.05) is 0 Å². The molecule has 1 aromatic heterocycles. The van der Waals surface area contributed by atoms with Crippen molar-refractivity contribution in [2.24, 2.45) is 0 Å². The molecule has 126 valence electrons. The molecule has 0 spiro atoms. The van der Waals surface area contributed by atoms with E-state index in [-0.39, 0.29) is 30.8 Å². The van der Waals surface area contributed by atoms with Crippen LogP contribution in [0.2, 0.25) is 0 Å². The zero-order valence-corrected chi connectivity index (χ0v) is 12.9. The van der Waals surface area contributed by atoms with Gasteiger partial charge in [0.05, 0.1) is 25.8 Å². The quantitative estimate of drug-likeness (QED) is 0.820. The van der Waals surface area contributed by atoms with Crippen molar-refractivity contribution in [2.75, 3.05) is 26.3 Å². The van der Waals surface area contributed by atoms with Gasteiger partial charge in [0.25, 0.3) is 5.91 Å². The molecule has 7 heteroatoms. The number of nitrogens with zero attached hydrogens (tertiary/aromatic N) is 1. The number of carbonyl (C=O) groups excluding carboxylic acids is 1. The molecule has 1 aromatic rings. The highest BCUT2D eigenvalue weighted by atomic mass is 16.6. The summed E-state index contributed by atoms with van der Waals surface area (Å²) in [5.41, 5.74) is 0. The molecule has 3 aliphatic rings. The molecule has 0 radical (unpaired) electrons. The SMILES string of the molecule is O=C(N[C@H]1CO[C@H]2[C@@H]1OC[C@@H]2O)c1ccc(CN2CCCC2)o1. The van der Waals surface area contributed by atoms with Crippen molar-refractivity contribution >= 4 is 5.91 Å². The Morgan fingerprint density at radius 3 is 2.83 bits per heavy atom. The zero-order chi connectivity index (χ0) is 15.8. The third-order valence-electron chi connectivity index (χ3n) is 4.81.